The molecular formula is C16H23ClN2. The Balaban J connectivity index is 2.78. The summed E-state index contributed by atoms with van der Waals surface area (Å²) >= 11 is 6.06. The molecule has 0 fully saturated rings. The molecule has 19 heavy (non-hydrogen) atoms. The van der Waals surface area contributed by atoms with Crippen molar-refractivity contribution in [3.05, 3.63) is 28.8 Å². The van der Waals surface area contributed by atoms with Gasteiger partial charge in [-0.3, -0.25) is 0 Å². The number of anilines is 1. The Bertz CT molecular complexity index is 437. The summed E-state index contributed by atoms with van der Waals surface area (Å²) in [6.07, 6.45) is 2.27. The molecule has 0 spiro atoms. The largest absolute Gasteiger partial charge is 0.382 e. The predicted molar refractivity (Wildman–Crippen MR) is 82.5 cm³/mol. The van der Waals surface area contributed by atoms with Crippen molar-refractivity contribution in [3.8, 4) is 6.07 Å². The molecule has 1 rings (SSSR count). The van der Waals surface area contributed by atoms with E-state index in [9.17, 15) is 0 Å². The van der Waals surface area contributed by atoms with Crippen molar-refractivity contribution in [1.82, 2.24) is 0 Å². The zero-order chi connectivity index (χ0) is 14.4. The fraction of sp³-hybridized carbons (Fsp3) is 0.562. The molecule has 0 saturated heterocycles. The van der Waals surface area contributed by atoms with Crippen LogP contribution in [0.5, 0.6) is 0 Å². The molecule has 1 aromatic carbocycles. The molecule has 0 atom stereocenters. The maximum Gasteiger partial charge on any atom is 0.101 e. The van der Waals surface area contributed by atoms with E-state index in [-0.39, 0.29) is 0 Å². The molecule has 0 saturated carbocycles. The summed E-state index contributed by atoms with van der Waals surface area (Å²) in [5.74, 6) is 1.32. The lowest BCUT2D eigenvalue weighted by atomic mass is 9.95. The van der Waals surface area contributed by atoms with E-state index >= 15 is 0 Å². The average Bonchev–Trinajstić information content (AvgIpc) is 2.27. The van der Waals surface area contributed by atoms with Crippen LogP contribution in [0.25, 0.3) is 0 Å². The van der Waals surface area contributed by atoms with E-state index in [1.165, 1.54) is 0 Å². The number of hydrogen-bond donors (Lipinski definition) is 1. The first kappa shape index (κ1) is 15.9. The quantitative estimate of drug-likeness (QED) is 0.787. The summed E-state index contributed by atoms with van der Waals surface area (Å²) in [6.45, 7) is 8.95. The van der Waals surface area contributed by atoms with Gasteiger partial charge >= 0.3 is 0 Å². The molecule has 0 heterocycles. The third-order valence-corrected chi connectivity index (χ3v) is 3.28. The standard InChI is InChI=1S/C16H23ClN2/c1-11(2)7-15(8-12(3)4)19-14-6-5-13(10-18)16(17)9-14/h5-6,9,11-12,15,19H,7-8H2,1-4H3. The third kappa shape index (κ3) is 5.53. The monoisotopic (exact) mass is 278 g/mol. The van der Waals surface area contributed by atoms with Crippen molar-refractivity contribution in [3.63, 3.8) is 0 Å². The number of benzene rings is 1. The molecule has 0 aliphatic rings. The van der Waals surface area contributed by atoms with E-state index in [4.69, 9.17) is 16.9 Å². The molecule has 0 bridgehead atoms. The number of halogens is 1. The zero-order valence-corrected chi connectivity index (χ0v) is 13.0. The Kier molecular flexibility index (Phi) is 6.18. The molecule has 0 unspecified atom stereocenters. The summed E-state index contributed by atoms with van der Waals surface area (Å²) in [4.78, 5) is 0. The third-order valence-electron chi connectivity index (χ3n) is 2.97. The Morgan fingerprint density at radius 3 is 2.16 bits per heavy atom. The van der Waals surface area contributed by atoms with E-state index in [0.29, 0.717) is 28.5 Å². The van der Waals surface area contributed by atoms with Gasteiger partial charge in [-0.2, -0.15) is 5.26 Å². The Morgan fingerprint density at radius 2 is 1.74 bits per heavy atom. The number of nitrogens with zero attached hydrogens (tertiary/aromatic N) is 1. The summed E-state index contributed by atoms with van der Waals surface area (Å²) in [5, 5.41) is 12.9. The van der Waals surface area contributed by atoms with Crippen LogP contribution in [0, 0.1) is 23.2 Å². The molecule has 0 aromatic heterocycles. The highest BCUT2D eigenvalue weighted by Crippen LogP contribution is 2.23. The topological polar surface area (TPSA) is 35.8 Å². The van der Waals surface area contributed by atoms with Crippen molar-refractivity contribution in [1.29, 1.82) is 5.26 Å². The van der Waals surface area contributed by atoms with Gasteiger partial charge in [0.15, 0.2) is 0 Å². The molecule has 0 amide bonds. The Labute approximate surface area is 121 Å². The van der Waals surface area contributed by atoms with Crippen LogP contribution in [-0.2, 0) is 0 Å². The van der Waals surface area contributed by atoms with Gasteiger partial charge in [0, 0.05) is 11.7 Å². The minimum Gasteiger partial charge on any atom is -0.382 e. The molecule has 2 nitrogen and oxygen atoms in total. The smallest absolute Gasteiger partial charge is 0.101 e. The number of hydrogen-bond acceptors (Lipinski definition) is 2. The van der Waals surface area contributed by atoms with Gasteiger partial charge in [0.05, 0.1) is 10.6 Å². The normalized spacial score (nSPS) is 11.1. The molecule has 3 heteroatoms. The van der Waals surface area contributed by atoms with Crippen LogP contribution < -0.4 is 5.32 Å². The summed E-state index contributed by atoms with van der Waals surface area (Å²) in [6, 6.07) is 8.07. The van der Waals surface area contributed by atoms with Crippen LogP contribution in [0.4, 0.5) is 5.69 Å². The van der Waals surface area contributed by atoms with Crippen molar-refractivity contribution in [2.75, 3.05) is 5.32 Å². The van der Waals surface area contributed by atoms with Gasteiger partial charge in [0.25, 0.3) is 0 Å². The van der Waals surface area contributed by atoms with Gasteiger partial charge in [-0.1, -0.05) is 39.3 Å². The number of nitriles is 1. The maximum atomic E-state index is 8.87. The lowest BCUT2D eigenvalue weighted by molar-refractivity contribution is 0.442. The highest BCUT2D eigenvalue weighted by Gasteiger charge is 2.13. The van der Waals surface area contributed by atoms with Gasteiger partial charge in [-0.25, -0.2) is 0 Å². The Hall–Kier alpha value is -1.20. The lowest BCUT2D eigenvalue weighted by Crippen LogP contribution is -2.23. The first-order chi connectivity index (χ1) is 8.92. The molecule has 1 N–H and O–H groups in total. The minimum atomic E-state index is 0.448. The van der Waals surface area contributed by atoms with E-state index in [1.807, 2.05) is 12.1 Å². The molecule has 0 radical (unpaired) electrons. The van der Waals surface area contributed by atoms with Gasteiger partial charge < -0.3 is 5.32 Å². The highest BCUT2D eigenvalue weighted by atomic mass is 35.5. The number of rotatable bonds is 6. The van der Waals surface area contributed by atoms with Crippen LogP contribution in [0.15, 0.2) is 18.2 Å². The average molecular weight is 279 g/mol. The second kappa shape index (κ2) is 7.40. The summed E-state index contributed by atoms with van der Waals surface area (Å²) in [5.41, 5.74) is 1.52. The fourth-order valence-corrected chi connectivity index (χ4v) is 2.51. The molecule has 1 aromatic rings. The lowest BCUT2D eigenvalue weighted by Gasteiger charge is -2.23. The van der Waals surface area contributed by atoms with E-state index in [2.05, 4.69) is 39.1 Å². The van der Waals surface area contributed by atoms with Crippen molar-refractivity contribution in [2.45, 2.75) is 46.6 Å². The van der Waals surface area contributed by atoms with E-state index < -0.39 is 0 Å². The summed E-state index contributed by atoms with van der Waals surface area (Å²) < 4.78 is 0. The maximum absolute atomic E-state index is 8.87. The van der Waals surface area contributed by atoms with Gasteiger partial charge in [0.2, 0.25) is 0 Å². The summed E-state index contributed by atoms with van der Waals surface area (Å²) in [7, 11) is 0. The van der Waals surface area contributed by atoms with Gasteiger partial charge in [0.1, 0.15) is 6.07 Å². The zero-order valence-electron chi connectivity index (χ0n) is 12.2. The second-order valence-corrected chi connectivity index (χ2v) is 6.31. The molecule has 0 aliphatic heterocycles. The van der Waals surface area contributed by atoms with Crippen LogP contribution in [0.2, 0.25) is 5.02 Å². The van der Waals surface area contributed by atoms with Crippen LogP contribution in [0.1, 0.15) is 46.1 Å². The van der Waals surface area contributed by atoms with E-state index in [1.54, 1.807) is 6.07 Å². The van der Waals surface area contributed by atoms with Gasteiger partial charge in [-0.15, -0.1) is 0 Å². The molecular weight excluding hydrogens is 256 g/mol. The SMILES string of the molecule is CC(C)CC(CC(C)C)Nc1ccc(C#N)c(Cl)c1. The minimum absolute atomic E-state index is 0.448. The molecule has 104 valence electrons. The van der Waals surface area contributed by atoms with Crippen molar-refractivity contribution in [2.24, 2.45) is 11.8 Å². The molecule has 0 aliphatic carbocycles. The Morgan fingerprint density at radius 1 is 1.16 bits per heavy atom. The highest BCUT2D eigenvalue weighted by molar-refractivity contribution is 6.32. The number of nitrogens with one attached hydrogen (secondary N) is 1. The van der Waals surface area contributed by atoms with Gasteiger partial charge in [-0.05, 0) is 42.9 Å². The van der Waals surface area contributed by atoms with E-state index in [0.717, 1.165) is 18.5 Å². The van der Waals surface area contributed by atoms with Crippen LogP contribution in [-0.4, -0.2) is 6.04 Å². The predicted octanol–water partition coefficient (Wildman–Crippen LogP) is 5.08. The first-order valence-corrected chi connectivity index (χ1v) is 7.26. The van der Waals surface area contributed by atoms with Crippen LogP contribution in [0.3, 0.4) is 0 Å². The van der Waals surface area contributed by atoms with Crippen molar-refractivity contribution < 1.29 is 0 Å². The first-order valence-electron chi connectivity index (χ1n) is 6.88. The fourth-order valence-electron chi connectivity index (χ4n) is 2.28. The second-order valence-electron chi connectivity index (χ2n) is 5.91. The van der Waals surface area contributed by atoms with Crippen LogP contribution >= 0.6 is 11.6 Å². The van der Waals surface area contributed by atoms with Crippen molar-refractivity contribution >= 4 is 17.3 Å².